The number of hydrogen-bond acceptors (Lipinski definition) is 5. The van der Waals surface area contributed by atoms with Crippen LogP contribution in [0.5, 0.6) is 0 Å². The predicted molar refractivity (Wildman–Crippen MR) is 270 cm³/mol. The first-order chi connectivity index (χ1) is 33.1. The Kier molecular flexibility index (Phi) is 11.1. The fourth-order valence-electron chi connectivity index (χ4n) is 8.97. The van der Waals surface area contributed by atoms with Gasteiger partial charge in [-0.25, -0.2) is 0 Å². The van der Waals surface area contributed by atoms with Crippen LogP contribution in [0, 0.1) is 30.3 Å². The quantitative estimate of drug-likeness (QED) is 0.155. The molecule has 333 valence electrons. The first-order valence-electron chi connectivity index (χ1n) is 23.9. The van der Waals surface area contributed by atoms with E-state index < -0.39 is 6.85 Å². The Morgan fingerprint density at radius 1 is 0.687 bits per heavy atom. The minimum absolute atomic E-state index is 0. The second-order valence-electron chi connectivity index (χ2n) is 18.5. The van der Waals surface area contributed by atoms with Gasteiger partial charge in [0.05, 0.1) is 34.1 Å². The minimum atomic E-state index is -2.39. The van der Waals surface area contributed by atoms with Crippen LogP contribution in [-0.2, 0) is 25.5 Å². The van der Waals surface area contributed by atoms with Crippen molar-refractivity contribution >= 4 is 54.9 Å². The number of fused-ring (bicyclic) bond motifs is 7. The van der Waals surface area contributed by atoms with E-state index in [9.17, 15) is 5.26 Å². The second kappa shape index (κ2) is 17.9. The van der Waals surface area contributed by atoms with Gasteiger partial charge in [-0.15, -0.1) is 54.1 Å². The van der Waals surface area contributed by atoms with E-state index in [0.717, 1.165) is 60.7 Å². The predicted octanol–water partition coefficient (Wildman–Crippen LogP) is 16.2. The van der Waals surface area contributed by atoms with Crippen molar-refractivity contribution in [3.63, 3.8) is 0 Å². The number of rotatable bonds is 6. The maximum Gasteiger partial charge on any atom is 0.136 e. The first kappa shape index (κ1) is 41.3. The Morgan fingerprint density at radius 2 is 1.40 bits per heavy atom. The molecule has 0 fully saturated rings. The van der Waals surface area contributed by atoms with Crippen molar-refractivity contribution < 1.29 is 33.1 Å². The molecule has 11 aromatic rings. The molecule has 67 heavy (non-hydrogen) atoms. The van der Waals surface area contributed by atoms with Crippen LogP contribution in [0.2, 0.25) is 0 Å². The molecule has 0 spiro atoms. The number of nitriles is 1. The average molecular weight is 1050 g/mol. The number of aryl methyl sites for hydroxylation is 1. The van der Waals surface area contributed by atoms with Gasteiger partial charge in [0.1, 0.15) is 16.7 Å². The van der Waals surface area contributed by atoms with Crippen LogP contribution in [0.1, 0.15) is 92.2 Å². The fraction of sp³-hybridized carbons (Fsp3) is 0.183. The standard InChI is InChI=1S/C45H34N3O2.C15H16N.Ir/c1-25(2)34-20-30(29-12-7-6-8-13-29)21-35(26(3)4)43(34)48-42-27(5)11-9-16-38(42)47-45(48)33-15-10-14-32-37-23-40-36(22-41(37)50-44(32)33)31-18-17-28(24-46)19-39(31)49-40;1-15(2,3)13-9-10-16-14(11-13)12-7-5-4-6-8-12;/h6-14,16-23,25-26H,1-5H3;4-7,9-11H,1-3H3;/q2*-1;/i5D3;;. The number of pyridine rings is 1. The van der Waals surface area contributed by atoms with Crippen LogP contribution < -0.4 is 0 Å². The summed E-state index contributed by atoms with van der Waals surface area (Å²) in [7, 11) is 0. The van der Waals surface area contributed by atoms with E-state index in [0.29, 0.717) is 50.3 Å². The van der Waals surface area contributed by atoms with Crippen molar-refractivity contribution in [3.05, 3.63) is 186 Å². The number of imidazole rings is 1. The summed E-state index contributed by atoms with van der Waals surface area (Å²) in [6, 6.07) is 54.4. The van der Waals surface area contributed by atoms with Crippen LogP contribution in [-0.4, -0.2) is 14.5 Å². The molecule has 1 radical (unpaired) electrons. The topological polar surface area (TPSA) is 80.8 Å². The van der Waals surface area contributed by atoms with Crippen molar-refractivity contribution in [2.24, 2.45) is 0 Å². The fourth-order valence-corrected chi connectivity index (χ4v) is 8.97. The van der Waals surface area contributed by atoms with E-state index in [1.807, 2.05) is 85.1 Å². The molecule has 0 unspecified atom stereocenters. The molecular weight excluding hydrogens is 1000 g/mol. The zero-order valence-corrected chi connectivity index (χ0v) is 40.8. The van der Waals surface area contributed by atoms with Gasteiger partial charge in [-0.05, 0) is 118 Å². The summed E-state index contributed by atoms with van der Waals surface area (Å²) < 4.78 is 40.9. The molecule has 11 rings (SSSR count). The van der Waals surface area contributed by atoms with E-state index >= 15 is 0 Å². The largest absolute Gasteiger partial charge is 0.501 e. The van der Waals surface area contributed by atoms with Crippen LogP contribution in [0.25, 0.3) is 94.4 Å². The van der Waals surface area contributed by atoms with Crippen molar-refractivity contribution in [1.29, 1.82) is 5.26 Å². The number of benzene rings is 7. The van der Waals surface area contributed by atoms with Gasteiger partial charge in [-0.2, -0.15) is 5.26 Å². The molecule has 6 nitrogen and oxygen atoms in total. The summed E-state index contributed by atoms with van der Waals surface area (Å²) in [5.74, 6) is 0.740. The van der Waals surface area contributed by atoms with Crippen LogP contribution in [0.3, 0.4) is 0 Å². The molecule has 0 aliphatic heterocycles. The zero-order chi connectivity index (χ0) is 48.4. The second-order valence-corrected chi connectivity index (χ2v) is 18.5. The Labute approximate surface area is 409 Å². The molecule has 0 aliphatic rings. The molecule has 0 N–H and O–H groups in total. The van der Waals surface area contributed by atoms with E-state index in [1.165, 1.54) is 5.56 Å². The summed E-state index contributed by atoms with van der Waals surface area (Å²) in [4.78, 5) is 9.61. The molecule has 4 aromatic heterocycles. The maximum atomic E-state index is 9.42. The normalized spacial score (nSPS) is 12.6. The van der Waals surface area contributed by atoms with E-state index in [1.54, 1.807) is 24.3 Å². The van der Waals surface area contributed by atoms with E-state index in [2.05, 4.69) is 113 Å². The van der Waals surface area contributed by atoms with Gasteiger partial charge >= 0.3 is 0 Å². The Hall–Kier alpha value is -7.10. The average Bonchev–Trinajstić information content (AvgIpc) is 4.03. The molecule has 0 saturated heterocycles. The van der Waals surface area contributed by atoms with E-state index in [4.69, 9.17) is 17.9 Å². The van der Waals surface area contributed by atoms with Crippen LogP contribution in [0.4, 0.5) is 0 Å². The van der Waals surface area contributed by atoms with Crippen LogP contribution in [0.15, 0.2) is 155 Å². The summed E-state index contributed by atoms with van der Waals surface area (Å²) in [6.07, 6.45) is 1.87. The van der Waals surface area contributed by atoms with Gasteiger partial charge in [0.2, 0.25) is 0 Å². The Balaban J connectivity index is 0.000000304. The number of hydrogen-bond donors (Lipinski definition) is 0. The molecule has 0 atom stereocenters. The summed E-state index contributed by atoms with van der Waals surface area (Å²) in [5.41, 5.74) is 13.9. The van der Waals surface area contributed by atoms with Crippen molar-refractivity contribution in [2.75, 3.05) is 0 Å². The van der Waals surface area contributed by atoms with Crippen molar-refractivity contribution in [3.8, 4) is 45.5 Å². The smallest absolute Gasteiger partial charge is 0.136 e. The number of furan rings is 2. The summed E-state index contributed by atoms with van der Waals surface area (Å²) in [5, 5.41) is 12.9. The molecule has 0 saturated carbocycles. The molecule has 0 bridgehead atoms. The molecule has 7 heteroatoms. The third kappa shape index (κ3) is 8.26. The third-order valence-electron chi connectivity index (χ3n) is 12.4. The van der Waals surface area contributed by atoms with Gasteiger partial charge in [0, 0.05) is 52.3 Å². The molecule has 7 aromatic carbocycles. The zero-order valence-electron chi connectivity index (χ0n) is 41.4. The van der Waals surface area contributed by atoms with Crippen molar-refractivity contribution in [2.45, 2.75) is 72.6 Å². The summed E-state index contributed by atoms with van der Waals surface area (Å²) >= 11 is 0. The van der Waals surface area contributed by atoms with Gasteiger partial charge in [-0.1, -0.05) is 108 Å². The number of nitrogens with zero attached hydrogens (tertiary/aromatic N) is 4. The van der Waals surface area contributed by atoms with E-state index in [-0.39, 0.29) is 42.9 Å². The Morgan fingerprint density at radius 3 is 2.09 bits per heavy atom. The first-order valence-corrected chi connectivity index (χ1v) is 22.4. The van der Waals surface area contributed by atoms with Gasteiger partial charge < -0.3 is 18.4 Å². The summed E-state index contributed by atoms with van der Waals surface area (Å²) in [6.45, 7) is 12.9. The van der Waals surface area contributed by atoms with Gasteiger partial charge in [-0.3, -0.25) is 4.98 Å². The Bertz CT molecular complexity index is 3750. The molecule has 4 heterocycles. The molecule has 0 amide bonds. The monoisotopic (exact) mass is 1050 g/mol. The maximum absolute atomic E-state index is 9.42. The number of aromatic nitrogens is 3. The SMILES string of the molecule is CC(C)(C)c1ccnc(-c2[c-]cccc2)c1.[2H]C([2H])([2H])c1cccc2nc(-c3[c-]ccc4c3oc3cc5c(cc34)oc3cc(C#N)ccc35)n(-c3c(C(C)C)cc(-c4ccccc4)cc3C(C)C)c12.[Ir]. The molecular formula is C60H50IrN4O2-2. The minimum Gasteiger partial charge on any atom is -0.501 e. The molecule has 0 aliphatic carbocycles. The van der Waals surface area contributed by atoms with Crippen molar-refractivity contribution in [1.82, 2.24) is 14.5 Å². The van der Waals surface area contributed by atoms with Crippen LogP contribution >= 0.6 is 0 Å². The third-order valence-corrected chi connectivity index (χ3v) is 12.4. The number of para-hydroxylation sites is 1. The van der Waals surface area contributed by atoms with Gasteiger partial charge in [0.25, 0.3) is 0 Å². The van der Waals surface area contributed by atoms with Gasteiger partial charge in [0.15, 0.2) is 0 Å².